The van der Waals surface area contributed by atoms with Gasteiger partial charge in [0.2, 0.25) is 5.91 Å². The van der Waals surface area contributed by atoms with Crippen LogP contribution in [0.5, 0.6) is 0 Å². The molecule has 0 saturated carbocycles. The number of cyclic esters (lactones) is 1. The minimum absolute atomic E-state index is 0.0326. The normalized spacial score (nSPS) is 23.9. The van der Waals surface area contributed by atoms with Crippen molar-refractivity contribution in [3.63, 3.8) is 0 Å². The molecule has 9 nitrogen and oxygen atoms in total. The highest BCUT2D eigenvalue weighted by atomic mass is 32.2. The van der Waals surface area contributed by atoms with Crippen LogP contribution < -0.4 is 0 Å². The van der Waals surface area contributed by atoms with E-state index in [9.17, 15) is 19.2 Å². The first-order valence-electron chi connectivity index (χ1n) is 14.8. The number of nitrogens with zero attached hydrogens (tertiary/aromatic N) is 4. The number of likely N-dealkylation sites (N-methyl/N-ethyl adjacent to an activating group) is 1. The van der Waals surface area contributed by atoms with Crippen molar-refractivity contribution in [1.82, 2.24) is 14.8 Å². The lowest BCUT2D eigenvalue weighted by Crippen LogP contribution is -2.52. The maximum absolute atomic E-state index is 13.6. The van der Waals surface area contributed by atoms with Gasteiger partial charge in [0.15, 0.2) is 5.12 Å². The molecule has 3 atom stereocenters. The largest absolute Gasteiger partial charge is 0.456 e. The number of aromatic nitrogens is 1. The van der Waals surface area contributed by atoms with Gasteiger partial charge >= 0.3 is 5.97 Å². The lowest BCUT2D eigenvalue weighted by Gasteiger charge is -2.32. The molecular formula is C30H44N4O5S3. The molecule has 0 N–H and O–H groups in total. The minimum atomic E-state index is -1.01. The Kier molecular flexibility index (Phi) is 13.6. The van der Waals surface area contributed by atoms with Crippen LogP contribution in [0.25, 0.3) is 0 Å². The predicted molar refractivity (Wildman–Crippen MR) is 172 cm³/mol. The van der Waals surface area contributed by atoms with Crippen LogP contribution in [0.3, 0.4) is 0 Å². The second-order valence-corrected chi connectivity index (χ2v) is 14.0. The molecule has 2 aliphatic heterocycles. The summed E-state index contributed by atoms with van der Waals surface area (Å²) in [5.74, 6) is 0.0729. The van der Waals surface area contributed by atoms with E-state index in [0.29, 0.717) is 48.1 Å². The minimum Gasteiger partial charge on any atom is -0.456 e. The maximum Gasteiger partial charge on any atom is 0.329 e. The van der Waals surface area contributed by atoms with Crippen LogP contribution in [0.15, 0.2) is 22.5 Å². The van der Waals surface area contributed by atoms with Crippen molar-refractivity contribution < 1.29 is 23.9 Å². The fraction of sp³-hybridized carbons (Fsp3) is 0.667. The Labute approximate surface area is 262 Å². The molecule has 0 unspecified atom stereocenters. The molecule has 0 fully saturated rings. The topological polar surface area (TPSA) is 109 Å². The average Bonchev–Trinajstić information content (AvgIpc) is 3.59. The Morgan fingerprint density at radius 2 is 1.95 bits per heavy atom. The summed E-state index contributed by atoms with van der Waals surface area (Å²) in [5.41, 5.74) is -0.313. The van der Waals surface area contributed by atoms with E-state index in [1.165, 1.54) is 59.0 Å². The van der Waals surface area contributed by atoms with Crippen LogP contribution in [0.4, 0.5) is 0 Å². The number of fused-ring (bicyclic) bond motifs is 4. The van der Waals surface area contributed by atoms with Gasteiger partial charge < -0.3 is 14.5 Å². The van der Waals surface area contributed by atoms with Gasteiger partial charge in [0.1, 0.15) is 33.4 Å². The predicted octanol–water partition coefficient (Wildman–Crippen LogP) is 5.47. The number of hydrogen-bond acceptors (Lipinski definition) is 10. The van der Waals surface area contributed by atoms with Crippen molar-refractivity contribution in [3.05, 3.63) is 28.2 Å². The van der Waals surface area contributed by atoms with Crippen molar-refractivity contribution >= 4 is 62.8 Å². The number of hydrogen-bond donors (Lipinski definition) is 0. The first-order chi connectivity index (χ1) is 20.1. The van der Waals surface area contributed by atoms with E-state index < -0.39 is 23.7 Å². The zero-order chi connectivity index (χ0) is 30.7. The molecule has 0 aliphatic carbocycles. The highest BCUT2D eigenvalue weighted by Gasteiger charge is 2.43. The third-order valence-electron chi connectivity index (χ3n) is 7.34. The summed E-state index contributed by atoms with van der Waals surface area (Å²) in [5, 5.41) is 3.55. The van der Waals surface area contributed by atoms with Gasteiger partial charge in [-0.1, -0.05) is 57.4 Å². The van der Waals surface area contributed by atoms with Crippen LogP contribution >= 0.6 is 34.9 Å². The zero-order valence-electron chi connectivity index (χ0n) is 25.4. The molecule has 0 radical (unpaired) electrons. The molecule has 3 rings (SSSR count). The first-order valence-corrected chi connectivity index (χ1v) is 17.6. The highest BCUT2D eigenvalue weighted by molar-refractivity contribution is 8.14. The Bertz CT molecular complexity index is 1170. The fourth-order valence-electron chi connectivity index (χ4n) is 4.77. The van der Waals surface area contributed by atoms with Gasteiger partial charge in [0.25, 0.3) is 5.91 Å². The number of thiazole rings is 1. The number of rotatable bonds is 11. The molecule has 232 valence electrons. The number of allylic oxidation sites excluding steroid dienone is 1. The van der Waals surface area contributed by atoms with Gasteiger partial charge in [-0.25, -0.2) is 9.78 Å². The third kappa shape index (κ3) is 9.67. The molecule has 1 aromatic heterocycles. The second kappa shape index (κ2) is 16.6. The number of ether oxygens (including phenoxy) is 1. The summed E-state index contributed by atoms with van der Waals surface area (Å²) in [4.78, 5) is 64.7. The molecule has 2 aliphatic rings. The van der Waals surface area contributed by atoms with E-state index >= 15 is 0 Å². The van der Waals surface area contributed by atoms with E-state index in [2.05, 4.69) is 11.9 Å². The van der Waals surface area contributed by atoms with Gasteiger partial charge in [-0.05, 0) is 32.3 Å². The van der Waals surface area contributed by atoms with E-state index in [1.54, 1.807) is 32.0 Å². The lowest BCUT2D eigenvalue weighted by molar-refractivity contribution is -0.159. The second-order valence-electron chi connectivity index (χ2n) is 11.0. The number of thioether (sulfide) groups is 2. The molecule has 1 aromatic rings. The van der Waals surface area contributed by atoms with Crippen LogP contribution in [-0.4, -0.2) is 86.0 Å². The summed E-state index contributed by atoms with van der Waals surface area (Å²) in [6, 6.07) is -0.813. The molecular weight excluding hydrogens is 593 g/mol. The van der Waals surface area contributed by atoms with Gasteiger partial charge in [0.05, 0.1) is 13.0 Å². The Hall–Kier alpha value is -2.18. The first kappa shape index (κ1) is 34.3. The molecule has 0 aromatic carbocycles. The number of esters is 1. The molecule has 0 spiro atoms. The van der Waals surface area contributed by atoms with Crippen molar-refractivity contribution in [3.8, 4) is 0 Å². The smallest absolute Gasteiger partial charge is 0.329 e. The zero-order valence-corrected chi connectivity index (χ0v) is 27.9. The summed E-state index contributed by atoms with van der Waals surface area (Å²) in [6.07, 6.45) is 9.90. The number of aliphatic imine (C=N–C) groups is 1. The summed E-state index contributed by atoms with van der Waals surface area (Å²) >= 11 is 4.24. The lowest BCUT2D eigenvalue weighted by atomic mass is 10.0. The van der Waals surface area contributed by atoms with Gasteiger partial charge in [-0.15, -0.1) is 23.1 Å². The summed E-state index contributed by atoms with van der Waals surface area (Å²) < 4.78 is 5.85. The number of carbonyl (C=O) groups is 4. The van der Waals surface area contributed by atoms with Crippen molar-refractivity contribution in [2.24, 2.45) is 4.99 Å². The molecule has 12 heteroatoms. The number of carbonyl (C=O) groups excluding carboxylic acids is 4. The monoisotopic (exact) mass is 636 g/mol. The van der Waals surface area contributed by atoms with Crippen LogP contribution in [-0.2, 0) is 30.5 Å². The van der Waals surface area contributed by atoms with Crippen LogP contribution in [0.2, 0.25) is 0 Å². The fourth-order valence-corrected chi connectivity index (χ4v) is 7.57. The van der Waals surface area contributed by atoms with Crippen LogP contribution in [0.1, 0.15) is 89.3 Å². The van der Waals surface area contributed by atoms with Gasteiger partial charge in [-0.3, -0.25) is 19.4 Å². The Morgan fingerprint density at radius 3 is 2.69 bits per heavy atom. The number of amides is 2. The van der Waals surface area contributed by atoms with Crippen molar-refractivity contribution in [2.45, 2.75) is 103 Å². The van der Waals surface area contributed by atoms with E-state index in [1.807, 2.05) is 18.4 Å². The molecule has 3 heterocycles. The van der Waals surface area contributed by atoms with Crippen molar-refractivity contribution in [2.75, 3.05) is 25.6 Å². The van der Waals surface area contributed by atoms with E-state index in [4.69, 9.17) is 9.73 Å². The Morgan fingerprint density at radius 1 is 1.19 bits per heavy atom. The maximum atomic E-state index is 13.6. The van der Waals surface area contributed by atoms with Gasteiger partial charge in [0, 0.05) is 37.4 Å². The van der Waals surface area contributed by atoms with Crippen LogP contribution in [0, 0.1) is 0 Å². The summed E-state index contributed by atoms with van der Waals surface area (Å²) in [7, 11) is 3.31. The third-order valence-corrected chi connectivity index (χ3v) is 10.4. The van der Waals surface area contributed by atoms with Gasteiger partial charge in [-0.2, -0.15) is 0 Å². The average molecular weight is 637 g/mol. The molecule has 4 bridgehead atoms. The number of unbranched alkanes of at least 4 members (excludes halogenated alkanes) is 4. The standard InChI is InChI=1S/C30H44N4O5S3/c1-6-8-9-10-11-15-26(36)40-16-13-12-14-21-17-25(35)33(4)18-24-31-22(19-41-24)27-32-30(3,20-42-27)29(38)34(5)23(7-2)28(37)39-21/h12,14,19,21,23H,6-11,13,15-18,20H2,1-5H3/t21-,23+,30+/m1/s1. The quantitative estimate of drug-likeness (QED) is 0.179. The highest BCUT2D eigenvalue weighted by Crippen LogP contribution is 2.33. The summed E-state index contributed by atoms with van der Waals surface area (Å²) in [6.45, 7) is 6.10. The van der Waals surface area contributed by atoms with E-state index in [-0.39, 0.29) is 23.4 Å². The molecule has 2 amide bonds. The SMILES string of the molecule is CCCCCCCC(=O)SCCC=C[C@@H]1CC(=O)N(C)Cc2nc(cs2)C2=N[C@@](C)(CS2)C(=O)N(C)[C@@H](CC)C(=O)O1. The van der Waals surface area contributed by atoms with Crippen molar-refractivity contribution in [1.29, 1.82) is 0 Å². The molecule has 0 saturated heterocycles. The Balaban J connectivity index is 1.71. The van der Waals surface area contributed by atoms with E-state index in [0.717, 1.165) is 17.8 Å². The molecule has 42 heavy (non-hydrogen) atoms.